The summed E-state index contributed by atoms with van der Waals surface area (Å²) in [6.07, 6.45) is 4.19. The van der Waals surface area contributed by atoms with Crippen molar-refractivity contribution in [1.29, 1.82) is 0 Å². The van der Waals surface area contributed by atoms with Gasteiger partial charge in [-0.1, -0.05) is 26.8 Å². The van der Waals surface area contributed by atoms with Crippen LogP contribution in [-0.2, 0) is 6.42 Å². The lowest BCUT2D eigenvalue weighted by atomic mass is 9.98. The zero-order valence-corrected chi connectivity index (χ0v) is 14.8. The van der Waals surface area contributed by atoms with E-state index in [2.05, 4.69) is 11.6 Å². The van der Waals surface area contributed by atoms with Crippen LogP contribution in [0.5, 0.6) is 0 Å². The molecule has 0 saturated carbocycles. The van der Waals surface area contributed by atoms with E-state index in [1.54, 1.807) is 12.3 Å². The van der Waals surface area contributed by atoms with Crippen molar-refractivity contribution < 1.29 is 4.39 Å². The van der Waals surface area contributed by atoms with Crippen LogP contribution in [0.15, 0.2) is 37.1 Å². The molecular formula is C19H28FN3. The largest absolute Gasteiger partial charge is 0.398 e. The van der Waals surface area contributed by atoms with Gasteiger partial charge in [-0.25, -0.2) is 9.37 Å². The Balaban J connectivity index is 0.000000868. The first-order valence-corrected chi connectivity index (χ1v) is 7.82. The van der Waals surface area contributed by atoms with Crippen LogP contribution in [-0.4, -0.2) is 4.98 Å². The van der Waals surface area contributed by atoms with Crippen LogP contribution in [0.2, 0.25) is 0 Å². The molecule has 0 atom stereocenters. The van der Waals surface area contributed by atoms with Crippen molar-refractivity contribution in [3.05, 3.63) is 54.0 Å². The molecular weight excluding hydrogens is 289 g/mol. The molecule has 0 bridgehead atoms. The lowest BCUT2D eigenvalue weighted by molar-refractivity contribution is 0.628. The van der Waals surface area contributed by atoms with Gasteiger partial charge in [-0.2, -0.15) is 0 Å². The Bertz CT molecular complexity index is 637. The fourth-order valence-electron chi connectivity index (χ4n) is 1.95. The van der Waals surface area contributed by atoms with E-state index in [0.29, 0.717) is 11.5 Å². The number of pyridine rings is 1. The van der Waals surface area contributed by atoms with Gasteiger partial charge in [-0.3, -0.25) is 0 Å². The van der Waals surface area contributed by atoms with Gasteiger partial charge in [0.25, 0.3) is 0 Å². The van der Waals surface area contributed by atoms with Crippen LogP contribution in [0.25, 0.3) is 11.1 Å². The van der Waals surface area contributed by atoms with Crippen molar-refractivity contribution >= 4 is 11.5 Å². The molecule has 0 amide bonds. The van der Waals surface area contributed by atoms with E-state index in [4.69, 9.17) is 11.5 Å². The third-order valence-corrected chi connectivity index (χ3v) is 3.11. The molecule has 0 spiro atoms. The van der Waals surface area contributed by atoms with Crippen LogP contribution < -0.4 is 11.5 Å². The number of hydrogen-bond donors (Lipinski definition) is 2. The monoisotopic (exact) mass is 317 g/mol. The van der Waals surface area contributed by atoms with Gasteiger partial charge in [-0.15, -0.1) is 6.58 Å². The molecule has 0 aliphatic heterocycles. The molecule has 2 aromatic rings. The Labute approximate surface area is 139 Å². The van der Waals surface area contributed by atoms with Crippen molar-refractivity contribution in [2.75, 3.05) is 11.5 Å². The number of nitrogens with two attached hydrogens (primary N) is 2. The lowest BCUT2D eigenvalue weighted by Crippen LogP contribution is -1.99. The highest BCUT2D eigenvalue weighted by Crippen LogP contribution is 2.29. The van der Waals surface area contributed by atoms with Crippen LogP contribution in [0.4, 0.5) is 15.9 Å². The van der Waals surface area contributed by atoms with E-state index in [0.717, 1.165) is 28.7 Å². The first-order chi connectivity index (χ1) is 10.9. The number of aromatic nitrogens is 1. The lowest BCUT2D eigenvalue weighted by Gasteiger charge is -2.11. The summed E-state index contributed by atoms with van der Waals surface area (Å²) >= 11 is 0. The van der Waals surface area contributed by atoms with E-state index in [9.17, 15) is 4.39 Å². The molecule has 0 saturated heterocycles. The van der Waals surface area contributed by atoms with Crippen LogP contribution >= 0.6 is 0 Å². The fourth-order valence-corrected chi connectivity index (χ4v) is 1.95. The van der Waals surface area contributed by atoms with Crippen LogP contribution in [0.1, 0.15) is 38.8 Å². The first-order valence-electron chi connectivity index (χ1n) is 7.82. The van der Waals surface area contributed by atoms with E-state index in [1.807, 2.05) is 40.7 Å². The molecule has 1 aromatic heterocycles. The quantitative estimate of drug-likeness (QED) is 0.595. The predicted octanol–water partition coefficient (Wildman–Crippen LogP) is 5.14. The molecule has 1 aromatic carbocycles. The minimum atomic E-state index is -0.344. The second-order valence-electron chi connectivity index (χ2n) is 4.70. The Morgan fingerprint density at radius 1 is 1.22 bits per heavy atom. The Hall–Kier alpha value is -2.36. The molecule has 126 valence electrons. The van der Waals surface area contributed by atoms with Crippen molar-refractivity contribution in [3.8, 4) is 11.1 Å². The summed E-state index contributed by atoms with van der Waals surface area (Å²) in [5.74, 6) is 0.172. The Morgan fingerprint density at radius 3 is 2.30 bits per heavy atom. The highest BCUT2D eigenvalue weighted by Gasteiger charge is 2.09. The van der Waals surface area contributed by atoms with Crippen LogP contribution in [0, 0.1) is 12.7 Å². The first kappa shape index (κ1) is 20.6. The summed E-state index contributed by atoms with van der Waals surface area (Å²) in [4.78, 5) is 4.14. The topological polar surface area (TPSA) is 64.9 Å². The maximum absolute atomic E-state index is 13.4. The molecule has 0 aliphatic carbocycles. The third-order valence-electron chi connectivity index (χ3n) is 3.11. The summed E-state index contributed by atoms with van der Waals surface area (Å²) in [6, 6.07) is 4.73. The third kappa shape index (κ3) is 5.74. The number of halogens is 1. The average molecular weight is 317 g/mol. The smallest absolute Gasteiger partial charge is 0.126 e. The summed E-state index contributed by atoms with van der Waals surface area (Å²) < 4.78 is 13.4. The second-order valence-corrected chi connectivity index (χ2v) is 4.70. The van der Waals surface area contributed by atoms with E-state index in [-0.39, 0.29) is 5.82 Å². The summed E-state index contributed by atoms with van der Waals surface area (Å²) in [5, 5.41) is 0. The highest BCUT2D eigenvalue weighted by atomic mass is 19.1. The minimum Gasteiger partial charge on any atom is -0.398 e. The van der Waals surface area contributed by atoms with Crippen LogP contribution in [0.3, 0.4) is 0 Å². The predicted molar refractivity (Wildman–Crippen MR) is 99.8 cm³/mol. The molecule has 0 radical (unpaired) electrons. The number of benzene rings is 1. The molecule has 0 fully saturated rings. The zero-order chi connectivity index (χ0) is 18.0. The van der Waals surface area contributed by atoms with E-state index >= 15 is 0 Å². The summed E-state index contributed by atoms with van der Waals surface area (Å²) in [7, 11) is 0. The van der Waals surface area contributed by atoms with E-state index < -0.39 is 0 Å². The normalized spacial score (nSPS) is 9.13. The maximum Gasteiger partial charge on any atom is 0.126 e. The molecule has 3 nitrogen and oxygen atoms in total. The molecule has 0 aliphatic rings. The van der Waals surface area contributed by atoms with Crippen molar-refractivity contribution in [2.24, 2.45) is 0 Å². The number of allylic oxidation sites excluding steroid dienone is 1. The van der Waals surface area contributed by atoms with Gasteiger partial charge in [0.15, 0.2) is 0 Å². The van der Waals surface area contributed by atoms with Gasteiger partial charge in [0, 0.05) is 17.4 Å². The van der Waals surface area contributed by atoms with Gasteiger partial charge >= 0.3 is 0 Å². The van der Waals surface area contributed by atoms with Gasteiger partial charge in [-0.05, 0) is 55.2 Å². The maximum atomic E-state index is 13.4. The summed E-state index contributed by atoms with van der Waals surface area (Å²) in [6.45, 7) is 13.1. The molecule has 1 heterocycles. The molecule has 4 N–H and O–H groups in total. The summed E-state index contributed by atoms with van der Waals surface area (Å²) in [5.41, 5.74) is 15.4. The highest BCUT2D eigenvalue weighted by molar-refractivity contribution is 5.73. The van der Waals surface area contributed by atoms with E-state index in [1.165, 1.54) is 12.1 Å². The molecule has 4 heteroatoms. The number of anilines is 2. The van der Waals surface area contributed by atoms with Gasteiger partial charge in [0.1, 0.15) is 11.6 Å². The van der Waals surface area contributed by atoms with Gasteiger partial charge in [0.05, 0.1) is 0 Å². The number of nitrogens with zero attached hydrogens (tertiary/aromatic N) is 1. The average Bonchev–Trinajstić information content (AvgIpc) is 2.54. The molecule has 2 rings (SSSR count). The standard InChI is InChI=1S/C14H16FN3.C3H6.C2H6/c1-3-9-4-10(7-18-14(9)17)12-5-11(15)6-13(16)8(12)2;1-3-2;1-2/h4-7H,3,16H2,1-2H3,(H2,17,18);3H,1H2,2H3;1-2H3. The number of aryl methyl sites for hydroxylation is 1. The van der Waals surface area contributed by atoms with Gasteiger partial charge < -0.3 is 11.5 Å². The fraction of sp³-hybridized carbons (Fsp3) is 0.316. The van der Waals surface area contributed by atoms with Crippen molar-refractivity contribution in [2.45, 2.75) is 41.0 Å². The second kappa shape index (κ2) is 10.4. The SMILES string of the molecule is C=CC.CC.CCc1cc(-c2cc(F)cc(N)c2C)cnc1N. The molecule has 23 heavy (non-hydrogen) atoms. The minimum absolute atomic E-state index is 0.344. The van der Waals surface area contributed by atoms with Gasteiger partial charge in [0.2, 0.25) is 0 Å². The number of rotatable bonds is 2. The zero-order valence-electron chi connectivity index (χ0n) is 14.8. The molecule has 0 unspecified atom stereocenters. The number of nitrogen functional groups attached to an aromatic ring is 2. The number of hydrogen-bond acceptors (Lipinski definition) is 3. The van der Waals surface area contributed by atoms with Crippen molar-refractivity contribution in [1.82, 2.24) is 4.98 Å². The Morgan fingerprint density at radius 2 is 1.78 bits per heavy atom. The van der Waals surface area contributed by atoms with Crippen molar-refractivity contribution in [3.63, 3.8) is 0 Å². The Kier molecular flexibility index (Phi) is 9.31.